The minimum Gasteiger partial charge on any atom is -0.494 e. The highest BCUT2D eigenvalue weighted by atomic mass is 19.1. The van der Waals surface area contributed by atoms with Gasteiger partial charge >= 0.3 is 0 Å². The molecule has 1 aliphatic heterocycles. The summed E-state index contributed by atoms with van der Waals surface area (Å²) < 4.78 is 25.5. The number of nitrogens with zero attached hydrogens (tertiary/aromatic N) is 2. The van der Waals surface area contributed by atoms with Crippen molar-refractivity contribution < 1.29 is 18.3 Å². The highest BCUT2D eigenvalue weighted by molar-refractivity contribution is 5.99. The molecule has 0 radical (unpaired) electrons. The Bertz CT molecular complexity index is 1200. The van der Waals surface area contributed by atoms with Crippen LogP contribution in [0.15, 0.2) is 51.7 Å². The van der Waals surface area contributed by atoms with Crippen molar-refractivity contribution in [2.24, 2.45) is 0 Å². The van der Waals surface area contributed by atoms with Gasteiger partial charge in [0, 0.05) is 6.54 Å². The lowest BCUT2D eigenvalue weighted by Crippen LogP contribution is -2.32. The number of rotatable bonds is 9. The molecule has 4 rings (SSSR count). The number of carbonyl (C=O) groups excluding carboxylic acids is 1. The molecule has 7 heteroatoms. The summed E-state index contributed by atoms with van der Waals surface area (Å²) in [5.41, 5.74) is 0.894. The first-order valence-electron chi connectivity index (χ1n) is 11.4. The first-order valence-corrected chi connectivity index (χ1v) is 11.4. The Morgan fingerprint density at radius 3 is 2.55 bits per heavy atom. The molecule has 174 valence electrons. The molecule has 6 nitrogen and oxygen atoms in total. The lowest BCUT2D eigenvalue weighted by molar-refractivity contribution is 0.0722. The monoisotopic (exact) mass is 452 g/mol. The van der Waals surface area contributed by atoms with Gasteiger partial charge in [-0.15, -0.1) is 0 Å². The standard InChI is InChI=1S/C26H29FN2O4/c1-4-5-15-32-19-10-7-17(8-11-19)23-22-24(30)20-16-18(27)9-12-21(20)33-25(22)26(31)29(23)14-6-13-28(2)3/h7-12,16,23H,4-6,13-15H2,1-3H3/t23-/m0/s1. The van der Waals surface area contributed by atoms with E-state index in [2.05, 4.69) is 6.92 Å². The smallest absolute Gasteiger partial charge is 0.290 e. The van der Waals surface area contributed by atoms with Crippen LogP contribution in [0.25, 0.3) is 11.0 Å². The predicted molar refractivity (Wildman–Crippen MR) is 125 cm³/mol. The van der Waals surface area contributed by atoms with E-state index in [1.165, 1.54) is 18.2 Å². The summed E-state index contributed by atoms with van der Waals surface area (Å²) in [6.07, 6.45) is 2.76. The Morgan fingerprint density at radius 2 is 1.85 bits per heavy atom. The van der Waals surface area contributed by atoms with Crippen LogP contribution in [0.3, 0.4) is 0 Å². The third-order valence-electron chi connectivity index (χ3n) is 5.89. The number of hydrogen-bond acceptors (Lipinski definition) is 5. The van der Waals surface area contributed by atoms with E-state index in [9.17, 15) is 14.0 Å². The number of benzene rings is 2. The summed E-state index contributed by atoms with van der Waals surface area (Å²) in [6, 6.07) is 10.7. The minimum absolute atomic E-state index is 0.0391. The zero-order chi connectivity index (χ0) is 23.5. The second-order valence-corrected chi connectivity index (χ2v) is 8.64. The maximum Gasteiger partial charge on any atom is 0.290 e. The SMILES string of the molecule is CCCCOc1ccc([C@H]2c3c(oc4ccc(F)cc4c3=O)C(=O)N2CCCN(C)C)cc1. The Hall–Kier alpha value is -3.19. The van der Waals surface area contributed by atoms with Crippen molar-refractivity contribution >= 4 is 16.9 Å². The number of halogens is 1. The van der Waals surface area contributed by atoms with Gasteiger partial charge in [0.2, 0.25) is 5.76 Å². The molecule has 1 amide bonds. The molecular weight excluding hydrogens is 423 g/mol. The second-order valence-electron chi connectivity index (χ2n) is 8.64. The van der Waals surface area contributed by atoms with Gasteiger partial charge in [-0.25, -0.2) is 4.39 Å². The van der Waals surface area contributed by atoms with E-state index in [4.69, 9.17) is 9.15 Å². The number of amides is 1. The molecule has 2 heterocycles. The van der Waals surface area contributed by atoms with Crippen LogP contribution in [0.1, 0.15) is 53.9 Å². The van der Waals surface area contributed by atoms with Crippen molar-refractivity contribution in [2.45, 2.75) is 32.2 Å². The summed E-state index contributed by atoms with van der Waals surface area (Å²) >= 11 is 0. The van der Waals surface area contributed by atoms with Gasteiger partial charge in [-0.2, -0.15) is 0 Å². The van der Waals surface area contributed by atoms with Crippen LogP contribution in [0.5, 0.6) is 5.75 Å². The molecule has 0 bridgehead atoms. The first-order chi connectivity index (χ1) is 15.9. The molecular formula is C26H29FN2O4. The van der Waals surface area contributed by atoms with Crippen molar-refractivity contribution in [3.05, 3.63) is 75.4 Å². The fourth-order valence-corrected chi connectivity index (χ4v) is 4.21. The zero-order valence-corrected chi connectivity index (χ0v) is 19.3. The van der Waals surface area contributed by atoms with E-state index in [1.807, 2.05) is 43.3 Å². The normalized spacial score (nSPS) is 15.5. The van der Waals surface area contributed by atoms with E-state index < -0.39 is 11.9 Å². The summed E-state index contributed by atoms with van der Waals surface area (Å²) in [5, 5.41) is 0.140. The van der Waals surface area contributed by atoms with Crippen molar-refractivity contribution in [2.75, 3.05) is 33.8 Å². The van der Waals surface area contributed by atoms with Crippen LogP contribution in [-0.2, 0) is 0 Å². The number of carbonyl (C=O) groups is 1. The molecule has 0 spiro atoms. The van der Waals surface area contributed by atoms with Crippen molar-refractivity contribution in [3.8, 4) is 5.75 Å². The van der Waals surface area contributed by atoms with Crippen LogP contribution < -0.4 is 10.2 Å². The maximum absolute atomic E-state index is 13.9. The summed E-state index contributed by atoms with van der Waals surface area (Å²) in [4.78, 5) is 30.5. The Labute approximate surface area is 192 Å². The molecule has 0 unspecified atom stereocenters. The summed E-state index contributed by atoms with van der Waals surface area (Å²) in [7, 11) is 3.95. The maximum atomic E-state index is 13.9. The molecule has 0 saturated carbocycles. The Morgan fingerprint density at radius 1 is 1.09 bits per heavy atom. The van der Waals surface area contributed by atoms with Gasteiger partial charge in [-0.1, -0.05) is 25.5 Å². The van der Waals surface area contributed by atoms with Gasteiger partial charge < -0.3 is 19.0 Å². The molecule has 0 N–H and O–H groups in total. The van der Waals surface area contributed by atoms with E-state index in [-0.39, 0.29) is 33.6 Å². The van der Waals surface area contributed by atoms with E-state index in [1.54, 1.807) is 4.90 Å². The van der Waals surface area contributed by atoms with Gasteiger partial charge in [-0.05, 0) is 69.4 Å². The molecule has 0 saturated heterocycles. The van der Waals surface area contributed by atoms with E-state index in [0.29, 0.717) is 13.2 Å². The van der Waals surface area contributed by atoms with Gasteiger partial charge in [0.25, 0.3) is 5.91 Å². The van der Waals surface area contributed by atoms with E-state index in [0.717, 1.165) is 37.1 Å². The van der Waals surface area contributed by atoms with Crippen molar-refractivity contribution in [1.82, 2.24) is 9.80 Å². The lowest BCUT2D eigenvalue weighted by atomic mass is 9.98. The highest BCUT2D eigenvalue weighted by Gasteiger charge is 2.42. The van der Waals surface area contributed by atoms with Gasteiger partial charge in [0.15, 0.2) is 5.43 Å². The van der Waals surface area contributed by atoms with Gasteiger partial charge in [0.1, 0.15) is 17.1 Å². The fourth-order valence-electron chi connectivity index (χ4n) is 4.21. The molecule has 33 heavy (non-hydrogen) atoms. The third kappa shape index (κ3) is 4.64. The molecule has 1 atom stereocenters. The first kappa shape index (κ1) is 23.0. The van der Waals surface area contributed by atoms with Crippen LogP contribution in [0.2, 0.25) is 0 Å². The van der Waals surface area contributed by atoms with Crippen molar-refractivity contribution in [3.63, 3.8) is 0 Å². The van der Waals surface area contributed by atoms with Crippen LogP contribution in [0, 0.1) is 5.82 Å². The summed E-state index contributed by atoms with van der Waals surface area (Å²) in [5.74, 6) is -0.0619. The molecule has 0 aliphatic carbocycles. The Balaban J connectivity index is 1.76. The predicted octanol–water partition coefficient (Wildman–Crippen LogP) is 4.61. The summed E-state index contributed by atoms with van der Waals surface area (Å²) in [6.45, 7) is 4.00. The fraction of sp³-hybridized carbons (Fsp3) is 0.385. The van der Waals surface area contributed by atoms with Crippen LogP contribution >= 0.6 is 0 Å². The average Bonchev–Trinajstić information content (AvgIpc) is 3.07. The van der Waals surface area contributed by atoms with E-state index >= 15 is 0 Å². The molecule has 1 aliphatic rings. The topological polar surface area (TPSA) is 63.0 Å². The Kier molecular flexibility index (Phi) is 6.79. The largest absolute Gasteiger partial charge is 0.494 e. The average molecular weight is 453 g/mol. The lowest BCUT2D eigenvalue weighted by Gasteiger charge is -2.26. The quantitative estimate of drug-likeness (QED) is 0.444. The molecule has 0 fully saturated rings. The minimum atomic E-state index is -0.594. The van der Waals surface area contributed by atoms with Crippen LogP contribution in [0.4, 0.5) is 4.39 Å². The van der Waals surface area contributed by atoms with Crippen molar-refractivity contribution in [1.29, 1.82) is 0 Å². The zero-order valence-electron chi connectivity index (χ0n) is 19.3. The molecule has 1 aromatic heterocycles. The van der Waals surface area contributed by atoms with Gasteiger partial charge in [0.05, 0.1) is 23.6 Å². The highest BCUT2D eigenvalue weighted by Crippen LogP contribution is 2.38. The number of fused-ring (bicyclic) bond motifs is 2. The number of hydrogen-bond donors (Lipinski definition) is 0. The number of ether oxygens (including phenoxy) is 1. The van der Waals surface area contributed by atoms with Gasteiger partial charge in [-0.3, -0.25) is 9.59 Å². The second kappa shape index (κ2) is 9.75. The molecule has 2 aromatic carbocycles. The third-order valence-corrected chi connectivity index (χ3v) is 5.89. The number of unbranched alkanes of at least 4 members (excludes halogenated alkanes) is 1. The molecule has 3 aromatic rings. The van der Waals surface area contributed by atoms with Crippen LogP contribution in [-0.4, -0.2) is 49.5 Å².